The second-order valence-electron chi connectivity index (χ2n) is 4.70. The van der Waals surface area contributed by atoms with Gasteiger partial charge in [-0.15, -0.1) is 0 Å². The minimum atomic E-state index is -1.57. The van der Waals surface area contributed by atoms with Crippen molar-refractivity contribution in [3.63, 3.8) is 0 Å². The zero-order valence-electron chi connectivity index (χ0n) is 10.3. The molecule has 1 atom stereocenters. The Morgan fingerprint density at radius 1 is 0.947 bits per heavy atom. The van der Waals surface area contributed by atoms with Gasteiger partial charge in [0, 0.05) is 12.0 Å². The molecule has 0 aliphatic carbocycles. The van der Waals surface area contributed by atoms with E-state index in [9.17, 15) is 18.3 Å². The van der Waals surface area contributed by atoms with Crippen molar-refractivity contribution < 1.29 is 18.3 Å². The molecule has 0 radical (unpaired) electrons. The Labute approximate surface area is 109 Å². The molecule has 0 spiro atoms. The molecule has 4 heteroatoms. The van der Waals surface area contributed by atoms with Gasteiger partial charge in [0.2, 0.25) is 0 Å². The van der Waals surface area contributed by atoms with E-state index in [-0.39, 0.29) is 17.8 Å². The Kier molecular flexibility index (Phi) is 3.62. The predicted octanol–water partition coefficient (Wildman–Crippen LogP) is 3.55. The van der Waals surface area contributed by atoms with Gasteiger partial charge in [-0.1, -0.05) is 12.1 Å². The zero-order valence-corrected chi connectivity index (χ0v) is 10.3. The summed E-state index contributed by atoms with van der Waals surface area (Å²) in [5.74, 6) is -1.68. The fourth-order valence-corrected chi connectivity index (χ4v) is 2.01. The van der Waals surface area contributed by atoms with Crippen LogP contribution in [0.3, 0.4) is 0 Å². The Balaban J connectivity index is 2.31. The third-order valence-electron chi connectivity index (χ3n) is 2.97. The van der Waals surface area contributed by atoms with E-state index in [4.69, 9.17) is 0 Å². The molecular formula is C15H13F3O. The van der Waals surface area contributed by atoms with Crippen LogP contribution in [0, 0.1) is 17.5 Å². The van der Waals surface area contributed by atoms with E-state index in [0.717, 1.165) is 18.2 Å². The van der Waals surface area contributed by atoms with Crippen molar-refractivity contribution >= 4 is 0 Å². The first-order chi connectivity index (χ1) is 8.88. The topological polar surface area (TPSA) is 20.2 Å². The quantitative estimate of drug-likeness (QED) is 0.900. The van der Waals surface area contributed by atoms with Crippen molar-refractivity contribution in [3.8, 4) is 0 Å². The summed E-state index contributed by atoms with van der Waals surface area (Å²) in [5, 5.41) is 10.3. The largest absolute Gasteiger partial charge is 0.385 e. The summed E-state index contributed by atoms with van der Waals surface area (Å²) in [6.07, 6.45) is 0.0631. The zero-order chi connectivity index (χ0) is 14.0. The van der Waals surface area contributed by atoms with Crippen molar-refractivity contribution in [3.05, 3.63) is 71.0 Å². The molecule has 0 saturated heterocycles. The lowest BCUT2D eigenvalue weighted by Crippen LogP contribution is -2.26. The molecule has 0 bridgehead atoms. The third kappa shape index (κ3) is 3.15. The van der Waals surface area contributed by atoms with Gasteiger partial charge in [-0.3, -0.25) is 0 Å². The van der Waals surface area contributed by atoms with E-state index in [1.165, 1.54) is 31.2 Å². The molecule has 0 fully saturated rings. The molecular weight excluding hydrogens is 253 g/mol. The lowest BCUT2D eigenvalue weighted by molar-refractivity contribution is 0.0534. The molecule has 0 heterocycles. The van der Waals surface area contributed by atoms with E-state index in [1.807, 2.05) is 0 Å². The Hall–Kier alpha value is -1.81. The fourth-order valence-electron chi connectivity index (χ4n) is 2.01. The van der Waals surface area contributed by atoms with Crippen LogP contribution in [0.15, 0.2) is 42.5 Å². The molecule has 19 heavy (non-hydrogen) atoms. The van der Waals surface area contributed by atoms with Crippen LogP contribution in [-0.2, 0) is 12.0 Å². The molecule has 1 unspecified atom stereocenters. The van der Waals surface area contributed by atoms with E-state index < -0.39 is 17.2 Å². The molecule has 0 saturated carbocycles. The number of hydrogen-bond donors (Lipinski definition) is 1. The van der Waals surface area contributed by atoms with Gasteiger partial charge in [-0.25, -0.2) is 13.2 Å². The maximum atomic E-state index is 13.6. The minimum absolute atomic E-state index is 0.0631. The average Bonchev–Trinajstić information content (AvgIpc) is 2.35. The summed E-state index contributed by atoms with van der Waals surface area (Å²) >= 11 is 0. The first-order valence-electron chi connectivity index (χ1n) is 5.81. The summed E-state index contributed by atoms with van der Waals surface area (Å²) < 4.78 is 39.6. The maximum absolute atomic E-state index is 13.6. The van der Waals surface area contributed by atoms with E-state index in [2.05, 4.69) is 0 Å². The molecule has 0 aliphatic rings. The van der Waals surface area contributed by atoms with Gasteiger partial charge < -0.3 is 5.11 Å². The SMILES string of the molecule is CC(O)(Cc1ccc(F)cc1)c1cc(F)ccc1F. The number of hydrogen-bond acceptors (Lipinski definition) is 1. The molecule has 100 valence electrons. The molecule has 0 aliphatic heterocycles. The second kappa shape index (κ2) is 5.05. The van der Waals surface area contributed by atoms with Crippen LogP contribution >= 0.6 is 0 Å². The Morgan fingerprint density at radius 2 is 1.53 bits per heavy atom. The normalized spacial score (nSPS) is 14.2. The first-order valence-corrected chi connectivity index (χ1v) is 5.81. The third-order valence-corrected chi connectivity index (χ3v) is 2.97. The summed E-state index contributed by atoms with van der Waals surface area (Å²) in [4.78, 5) is 0. The maximum Gasteiger partial charge on any atom is 0.129 e. The summed E-state index contributed by atoms with van der Waals surface area (Å²) in [6, 6.07) is 8.46. The van der Waals surface area contributed by atoms with Crippen LogP contribution in [0.2, 0.25) is 0 Å². The lowest BCUT2D eigenvalue weighted by Gasteiger charge is -2.24. The van der Waals surface area contributed by atoms with Gasteiger partial charge >= 0.3 is 0 Å². The van der Waals surface area contributed by atoms with Gasteiger partial charge in [0.05, 0.1) is 5.60 Å². The number of aliphatic hydroxyl groups is 1. The first kappa shape index (κ1) is 13.6. The van der Waals surface area contributed by atoms with Crippen LogP contribution in [-0.4, -0.2) is 5.11 Å². The number of rotatable bonds is 3. The van der Waals surface area contributed by atoms with Crippen molar-refractivity contribution in [2.75, 3.05) is 0 Å². The monoisotopic (exact) mass is 266 g/mol. The molecule has 1 N–H and O–H groups in total. The minimum Gasteiger partial charge on any atom is -0.385 e. The summed E-state index contributed by atoms with van der Waals surface area (Å²) in [5.41, 5.74) is -1.05. The van der Waals surface area contributed by atoms with Crippen molar-refractivity contribution in [2.45, 2.75) is 18.9 Å². The van der Waals surface area contributed by atoms with Crippen molar-refractivity contribution in [1.29, 1.82) is 0 Å². The van der Waals surface area contributed by atoms with Crippen molar-refractivity contribution in [1.82, 2.24) is 0 Å². The van der Waals surface area contributed by atoms with Crippen LogP contribution < -0.4 is 0 Å². The predicted molar refractivity (Wildman–Crippen MR) is 66.0 cm³/mol. The van der Waals surface area contributed by atoms with Gasteiger partial charge in [-0.05, 0) is 42.8 Å². The molecule has 1 nitrogen and oxygen atoms in total. The average molecular weight is 266 g/mol. The molecule has 0 amide bonds. The summed E-state index contributed by atoms with van der Waals surface area (Å²) in [7, 11) is 0. The van der Waals surface area contributed by atoms with Crippen LogP contribution in [0.1, 0.15) is 18.1 Å². The number of halogens is 3. The van der Waals surface area contributed by atoms with E-state index in [0.29, 0.717) is 5.56 Å². The Morgan fingerprint density at radius 3 is 2.16 bits per heavy atom. The van der Waals surface area contributed by atoms with Crippen LogP contribution in [0.4, 0.5) is 13.2 Å². The highest BCUT2D eigenvalue weighted by atomic mass is 19.1. The fraction of sp³-hybridized carbons (Fsp3) is 0.200. The highest BCUT2D eigenvalue weighted by molar-refractivity contribution is 5.28. The van der Waals surface area contributed by atoms with Crippen LogP contribution in [0.5, 0.6) is 0 Å². The smallest absolute Gasteiger partial charge is 0.129 e. The molecule has 2 rings (SSSR count). The van der Waals surface area contributed by atoms with E-state index in [1.54, 1.807) is 0 Å². The lowest BCUT2D eigenvalue weighted by atomic mass is 9.88. The molecule has 0 aromatic heterocycles. The highest BCUT2D eigenvalue weighted by Crippen LogP contribution is 2.28. The van der Waals surface area contributed by atoms with E-state index >= 15 is 0 Å². The van der Waals surface area contributed by atoms with Gasteiger partial charge in [-0.2, -0.15) is 0 Å². The summed E-state index contributed by atoms with van der Waals surface area (Å²) in [6.45, 7) is 1.40. The van der Waals surface area contributed by atoms with Crippen LogP contribution in [0.25, 0.3) is 0 Å². The number of benzene rings is 2. The molecule has 2 aromatic carbocycles. The van der Waals surface area contributed by atoms with Crippen molar-refractivity contribution in [2.24, 2.45) is 0 Å². The second-order valence-corrected chi connectivity index (χ2v) is 4.70. The van der Waals surface area contributed by atoms with Gasteiger partial charge in [0.15, 0.2) is 0 Å². The Bertz CT molecular complexity index is 576. The standard InChI is InChI=1S/C15H13F3O/c1-15(19,9-10-2-4-11(16)5-3-10)13-8-12(17)6-7-14(13)18/h2-8,19H,9H2,1H3. The van der Waals surface area contributed by atoms with Gasteiger partial charge in [0.1, 0.15) is 17.5 Å². The highest BCUT2D eigenvalue weighted by Gasteiger charge is 2.27. The van der Waals surface area contributed by atoms with Gasteiger partial charge in [0.25, 0.3) is 0 Å². The molecule has 2 aromatic rings.